The van der Waals surface area contributed by atoms with Gasteiger partial charge in [-0.05, 0) is 48.2 Å². The molecule has 3 aromatic carbocycles. The number of benzene rings is 3. The summed E-state index contributed by atoms with van der Waals surface area (Å²) in [5, 5.41) is 7.23. The van der Waals surface area contributed by atoms with Crippen molar-refractivity contribution in [3.05, 3.63) is 101 Å². The van der Waals surface area contributed by atoms with Crippen LogP contribution in [0.15, 0.2) is 79.0 Å². The van der Waals surface area contributed by atoms with Crippen LogP contribution < -0.4 is 10.6 Å². The Morgan fingerprint density at radius 1 is 0.966 bits per heavy atom. The standard InChI is InChI=1S/C25H25N3O/c1-17-12-13-18(2)24(14-17)28-25(29)27-15-21(19-8-4-3-5-9-19)22-16-26-23-11-7-6-10-20(22)23/h3-14,16,21,26H,15H2,1-2H3,(H2,27,28,29). The molecule has 1 atom stereocenters. The molecular weight excluding hydrogens is 358 g/mol. The summed E-state index contributed by atoms with van der Waals surface area (Å²) in [7, 11) is 0. The first-order valence-electron chi connectivity index (χ1n) is 9.85. The Hall–Kier alpha value is -3.53. The molecule has 0 saturated carbocycles. The van der Waals surface area contributed by atoms with Crippen LogP contribution in [0, 0.1) is 13.8 Å². The SMILES string of the molecule is Cc1ccc(C)c(NC(=O)NCC(c2ccccc2)c2c[nH]c3ccccc23)c1. The molecule has 0 aliphatic rings. The zero-order valence-electron chi connectivity index (χ0n) is 16.7. The van der Waals surface area contributed by atoms with E-state index >= 15 is 0 Å². The summed E-state index contributed by atoms with van der Waals surface area (Å²) in [6.45, 7) is 4.52. The molecule has 0 aliphatic carbocycles. The van der Waals surface area contributed by atoms with Crippen molar-refractivity contribution in [2.45, 2.75) is 19.8 Å². The van der Waals surface area contributed by atoms with Gasteiger partial charge in [0.25, 0.3) is 0 Å². The van der Waals surface area contributed by atoms with Crippen molar-refractivity contribution in [2.75, 3.05) is 11.9 Å². The van der Waals surface area contributed by atoms with Crippen molar-refractivity contribution in [3.8, 4) is 0 Å². The molecule has 4 aromatic rings. The Kier molecular flexibility index (Phi) is 5.34. The first-order valence-corrected chi connectivity index (χ1v) is 9.85. The van der Waals surface area contributed by atoms with Crippen molar-refractivity contribution >= 4 is 22.6 Å². The Labute approximate surface area is 171 Å². The van der Waals surface area contributed by atoms with Crippen LogP contribution >= 0.6 is 0 Å². The van der Waals surface area contributed by atoms with Gasteiger partial charge in [-0.1, -0.05) is 60.7 Å². The maximum Gasteiger partial charge on any atom is 0.319 e. The van der Waals surface area contributed by atoms with Crippen molar-refractivity contribution in [1.82, 2.24) is 10.3 Å². The van der Waals surface area contributed by atoms with E-state index in [9.17, 15) is 4.79 Å². The zero-order chi connectivity index (χ0) is 20.2. The van der Waals surface area contributed by atoms with Gasteiger partial charge < -0.3 is 15.6 Å². The van der Waals surface area contributed by atoms with E-state index in [0.29, 0.717) is 6.54 Å². The van der Waals surface area contributed by atoms with Crippen LogP contribution in [0.3, 0.4) is 0 Å². The molecule has 1 unspecified atom stereocenters. The largest absolute Gasteiger partial charge is 0.361 e. The van der Waals surface area contributed by atoms with Crippen molar-refractivity contribution in [3.63, 3.8) is 0 Å². The minimum absolute atomic E-state index is 0.0525. The molecular formula is C25H25N3O. The smallest absolute Gasteiger partial charge is 0.319 e. The predicted molar refractivity (Wildman–Crippen MR) is 120 cm³/mol. The fourth-order valence-corrected chi connectivity index (χ4v) is 3.71. The lowest BCUT2D eigenvalue weighted by Crippen LogP contribution is -2.33. The third kappa shape index (κ3) is 4.16. The van der Waals surface area contributed by atoms with Crippen LogP contribution in [-0.2, 0) is 0 Å². The third-order valence-electron chi connectivity index (χ3n) is 5.31. The van der Waals surface area contributed by atoms with Gasteiger partial charge in [0.2, 0.25) is 0 Å². The fourth-order valence-electron chi connectivity index (χ4n) is 3.71. The number of amides is 2. The molecule has 0 fully saturated rings. The average molecular weight is 383 g/mol. The van der Waals surface area contributed by atoms with E-state index in [-0.39, 0.29) is 11.9 Å². The van der Waals surface area contributed by atoms with E-state index in [1.54, 1.807) is 0 Å². The summed E-state index contributed by atoms with van der Waals surface area (Å²) in [5.74, 6) is 0.0525. The number of aryl methyl sites for hydroxylation is 2. The minimum Gasteiger partial charge on any atom is -0.361 e. The normalized spacial score (nSPS) is 11.9. The first-order chi connectivity index (χ1) is 14.1. The second-order valence-corrected chi connectivity index (χ2v) is 7.41. The molecule has 0 bridgehead atoms. The maximum atomic E-state index is 12.6. The van der Waals surface area contributed by atoms with Gasteiger partial charge in [0, 0.05) is 35.2 Å². The predicted octanol–water partition coefficient (Wildman–Crippen LogP) is 5.74. The topological polar surface area (TPSA) is 56.9 Å². The van der Waals surface area contributed by atoms with Gasteiger partial charge in [-0.15, -0.1) is 0 Å². The van der Waals surface area contributed by atoms with Crippen LogP contribution in [0.2, 0.25) is 0 Å². The first kappa shape index (κ1) is 18.8. The van der Waals surface area contributed by atoms with E-state index in [1.807, 2.05) is 68.6 Å². The number of hydrogen-bond acceptors (Lipinski definition) is 1. The Morgan fingerprint density at radius 3 is 2.55 bits per heavy atom. The molecule has 29 heavy (non-hydrogen) atoms. The molecule has 3 N–H and O–H groups in total. The van der Waals surface area contributed by atoms with Crippen molar-refractivity contribution in [1.29, 1.82) is 0 Å². The van der Waals surface area contributed by atoms with Crippen LogP contribution in [0.25, 0.3) is 10.9 Å². The number of nitrogens with one attached hydrogen (secondary N) is 3. The molecule has 1 heterocycles. The van der Waals surface area contributed by atoms with Crippen LogP contribution in [0.5, 0.6) is 0 Å². The van der Waals surface area contributed by atoms with E-state index in [0.717, 1.165) is 22.3 Å². The van der Waals surface area contributed by atoms with Gasteiger partial charge >= 0.3 is 6.03 Å². The number of para-hydroxylation sites is 1. The van der Waals surface area contributed by atoms with Gasteiger partial charge in [0.05, 0.1) is 0 Å². The molecule has 0 aliphatic heterocycles. The van der Waals surface area contributed by atoms with E-state index in [1.165, 1.54) is 16.5 Å². The summed E-state index contributed by atoms with van der Waals surface area (Å²) < 4.78 is 0. The number of hydrogen-bond donors (Lipinski definition) is 3. The monoisotopic (exact) mass is 383 g/mol. The summed E-state index contributed by atoms with van der Waals surface area (Å²) in [4.78, 5) is 16.0. The van der Waals surface area contributed by atoms with Gasteiger partial charge in [0.1, 0.15) is 0 Å². The highest BCUT2D eigenvalue weighted by atomic mass is 16.2. The second-order valence-electron chi connectivity index (χ2n) is 7.41. The van der Waals surface area contributed by atoms with E-state index in [2.05, 4.69) is 39.9 Å². The van der Waals surface area contributed by atoms with Crippen molar-refractivity contribution < 1.29 is 4.79 Å². The number of aromatic nitrogens is 1. The van der Waals surface area contributed by atoms with Crippen LogP contribution in [0.1, 0.15) is 28.2 Å². The highest BCUT2D eigenvalue weighted by Crippen LogP contribution is 2.30. The number of rotatable bonds is 5. The third-order valence-corrected chi connectivity index (χ3v) is 5.31. The average Bonchev–Trinajstić information content (AvgIpc) is 3.16. The number of carbonyl (C=O) groups excluding carboxylic acids is 1. The number of aromatic amines is 1. The van der Waals surface area contributed by atoms with E-state index < -0.39 is 0 Å². The molecule has 0 radical (unpaired) electrons. The molecule has 146 valence electrons. The quantitative estimate of drug-likeness (QED) is 0.404. The Morgan fingerprint density at radius 2 is 1.72 bits per heavy atom. The lowest BCUT2D eigenvalue weighted by Gasteiger charge is -2.19. The van der Waals surface area contributed by atoms with Crippen molar-refractivity contribution in [2.24, 2.45) is 0 Å². The number of carbonyl (C=O) groups is 1. The Balaban J connectivity index is 1.56. The molecule has 0 saturated heterocycles. The zero-order valence-corrected chi connectivity index (χ0v) is 16.7. The fraction of sp³-hybridized carbons (Fsp3) is 0.160. The molecule has 0 spiro atoms. The summed E-state index contributed by atoms with van der Waals surface area (Å²) in [5.41, 5.74) is 6.45. The van der Waals surface area contributed by atoms with E-state index in [4.69, 9.17) is 0 Å². The molecule has 2 amide bonds. The van der Waals surface area contributed by atoms with Gasteiger partial charge in [-0.2, -0.15) is 0 Å². The van der Waals surface area contributed by atoms with Crippen LogP contribution in [-0.4, -0.2) is 17.6 Å². The summed E-state index contributed by atoms with van der Waals surface area (Å²) in [6, 6.07) is 24.4. The number of anilines is 1. The molecule has 1 aromatic heterocycles. The molecule has 4 nitrogen and oxygen atoms in total. The highest BCUT2D eigenvalue weighted by molar-refractivity contribution is 5.90. The number of fused-ring (bicyclic) bond motifs is 1. The van der Waals surface area contributed by atoms with Gasteiger partial charge in [0.15, 0.2) is 0 Å². The molecule has 4 rings (SSSR count). The van der Waals surface area contributed by atoms with Crippen LogP contribution in [0.4, 0.5) is 10.5 Å². The number of H-pyrrole nitrogens is 1. The maximum absolute atomic E-state index is 12.6. The summed E-state index contributed by atoms with van der Waals surface area (Å²) >= 11 is 0. The molecule has 4 heteroatoms. The Bertz CT molecular complexity index is 1130. The second kappa shape index (κ2) is 8.23. The highest BCUT2D eigenvalue weighted by Gasteiger charge is 2.19. The lowest BCUT2D eigenvalue weighted by atomic mass is 9.91. The summed E-state index contributed by atoms with van der Waals surface area (Å²) in [6.07, 6.45) is 2.05. The number of urea groups is 1. The van der Waals surface area contributed by atoms with Gasteiger partial charge in [-0.3, -0.25) is 0 Å². The lowest BCUT2D eigenvalue weighted by molar-refractivity contribution is 0.252. The minimum atomic E-state index is -0.195. The van der Waals surface area contributed by atoms with Gasteiger partial charge in [-0.25, -0.2) is 4.79 Å².